The molecule has 0 saturated carbocycles. The number of aromatic nitrogens is 8. The van der Waals surface area contributed by atoms with Crippen molar-refractivity contribution in [3.8, 4) is 29.0 Å². The SMILES string of the molecule is COc1cnc(-c2ncccn2)nc1C(C)(C)Cc1ccnc(-c2ncc(F)c(C(C)(C)C)n2)n1. The third-order valence-electron chi connectivity index (χ3n) is 5.37. The Bertz CT molecular complexity index is 1340. The summed E-state index contributed by atoms with van der Waals surface area (Å²) in [7, 11) is 1.58. The Morgan fingerprint density at radius 3 is 2.03 bits per heavy atom. The molecule has 0 bridgehead atoms. The Kier molecular flexibility index (Phi) is 6.47. The highest BCUT2D eigenvalue weighted by molar-refractivity contribution is 5.47. The molecule has 4 aromatic heterocycles. The lowest BCUT2D eigenvalue weighted by atomic mass is 9.83. The van der Waals surface area contributed by atoms with Crippen molar-refractivity contribution in [2.24, 2.45) is 0 Å². The molecule has 10 heteroatoms. The Labute approximate surface area is 203 Å². The van der Waals surface area contributed by atoms with Crippen molar-refractivity contribution < 1.29 is 9.13 Å². The average Bonchev–Trinajstić information content (AvgIpc) is 2.83. The highest BCUT2D eigenvalue weighted by Crippen LogP contribution is 2.33. The Balaban J connectivity index is 1.68. The maximum atomic E-state index is 14.3. The molecule has 4 rings (SSSR count). The topological polar surface area (TPSA) is 112 Å². The van der Waals surface area contributed by atoms with Crippen LogP contribution in [0, 0.1) is 5.82 Å². The summed E-state index contributed by atoms with van der Waals surface area (Å²) in [5, 5.41) is 0. The van der Waals surface area contributed by atoms with Crippen molar-refractivity contribution in [3.05, 3.63) is 66.0 Å². The minimum absolute atomic E-state index is 0.277. The normalized spacial score (nSPS) is 12.0. The second-order valence-electron chi connectivity index (χ2n) is 9.76. The van der Waals surface area contributed by atoms with E-state index in [1.165, 1.54) is 6.20 Å². The lowest BCUT2D eigenvalue weighted by Gasteiger charge is -2.25. The molecule has 35 heavy (non-hydrogen) atoms. The van der Waals surface area contributed by atoms with E-state index in [1.807, 2.05) is 40.7 Å². The van der Waals surface area contributed by atoms with Crippen molar-refractivity contribution in [1.82, 2.24) is 39.9 Å². The maximum absolute atomic E-state index is 14.3. The number of hydrogen-bond acceptors (Lipinski definition) is 9. The van der Waals surface area contributed by atoms with Gasteiger partial charge < -0.3 is 4.74 Å². The Hall–Kier alpha value is -3.95. The number of ether oxygens (including phenoxy) is 1. The van der Waals surface area contributed by atoms with Crippen LogP contribution >= 0.6 is 0 Å². The molecule has 0 aliphatic carbocycles. The fourth-order valence-corrected chi connectivity index (χ4v) is 3.67. The second kappa shape index (κ2) is 9.36. The first-order valence-electron chi connectivity index (χ1n) is 11.1. The Morgan fingerprint density at radius 2 is 1.34 bits per heavy atom. The molecular weight excluding hydrogens is 447 g/mol. The molecule has 0 unspecified atom stereocenters. The predicted molar refractivity (Wildman–Crippen MR) is 128 cm³/mol. The predicted octanol–water partition coefficient (Wildman–Crippen LogP) is 4.15. The van der Waals surface area contributed by atoms with Gasteiger partial charge >= 0.3 is 0 Å². The minimum atomic E-state index is -0.496. The van der Waals surface area contributed by atoms with Crippen LogP contribution in [0.3, 0.4) is 0 Å². The highest BCUT2D eigenvalue weighted by Gasteiger charge is 2.29. The third-order valence-corrected chi connectivity index (χ3v) is 5.37. The molecule has 0 aliphatic heterocycles. The molecule has 180 valence electrons. The molecule has 0 radical (unpaired) electrons. The largest absolute Gasteiger partial charge is 0.493 e. The van der Waals surface area contributed by atoms with Crippen molar-refractivity contribution in [2.45, 2.75) is 51.9 Å². The van der Waals surface area contributed by atoms with Gasteiger partial charge in [-0.2, -0.15) is 0 Å². The van der Waals surface area contributed by atoms with Crippen LogP contribution in [0.25, 0.3) is 23.3 Å². The molecule has 0 amide bonds. The van der Waals surface area contributed by atoms with Gasteiger partial charge in [-0.15, -0.1) is 0 Å². The average molecular weight is 475 g/mol. The molecule has 0 N–H and O–H groups in total. The molecular formula is C25H27FN8O. The van der Waals surface area contributed by atoms with Gasteiger partial charge in [0.1, 0.15) is 0 Å². The van der Waals surface area contributed by atoms with E-state index in [-0.39, 0.29) is 5.82 Å². The van der Waals surface area contributed by atoms with Crippen LogP contribution in [0.2, 0.25) is 0 Å². The van der Waals surface area contributed by atoms with Gasteiger partial charge in [-0.1, -0.05) is 34.6 Å². The Morgan fingerprint density at radius 1 is 0.743 bits per heavy atom. The molecule has 0 fully saturated rings. The molecule has 4 aromatic rings. The summed E-state index contributed by atoms with van der Waals surface area (Å²) in [4.78, 5) is 35.1. The molecule has 0 spiro atoms. The van der Waals surface area contributed by atoms with Gasteiger partial charge in [-0.3, -0.25) is 0 Å². The summed E-state index contributed by atoms with van der Waals surface area (Å²) < 4.78 is 19.9. The maximum Gasteiger partial charge on any atom is 0.198 e. The monoisotopic (exact) mass is 474 g/mol. The first-order valence-corrected chi connectivity index (χ1v) is 11.1. The number of rotatable bonds is 6. The van der Waals surface area contributed by atoms with Gasteiger partial charge in [-0.05, 0) is 12.1 Å². The standard InChI is InChI=1S/C25H27FN8O/c1-24(2,3)18-16(26)13-30-23(33-18)22-29-11-8-15(32-22)12-25(4,5)19-17(35-6)14-31-21(34-19)20-27-9-7-10-28-20/h7-11,13-14H,12H2,1-6H3. The van der Waals surface area contributed by atoms with Gasteiger partial charge in [-0.25, -0.2) is 44.3 Å². The van der Waals surface area contributed by atoms with E-state index < -0.39 is 16.6 Å². The number of methoxy groups -OCH3 is 1. The van der Waals surface area contributed by atoms with Crippen LogP contribution in [0.4, 0.5) is 4.39 Å². The van der Waals surface area contributed by atoms with Gasteiger partial charge in [0, 0.05) is 41.5 Å². The summed E-state index contributed by atoms with van der Waals surface area (Å²) in [6.45, 7) is 9.77. The van der Waals surface area contributed by atoms with Crippen molar-refractivity contribution in [2.75, 3.05) is 7.11 Å². The fourth-order valence-electron chi connectivity index (χ4n) is 3.67. The van der Waals surface area contributed by atoms with Crippen LogP contribution < -0.4 is 4.74 Å². The summed E-state index contributed by atoms with van der Waals surface area (Å²) in [5.41, 5.74) is 0.793. The van der Waals surface area contributed by atoms with Crippen molar-refractivity contribution in [1.29, 1.82) is 0 Å². The third kappa shape index (κ3) is 5.26. The van der Waals surface area contributed by atoms with E-state index >= 15 is 0 Å². The van der Waals surface area contributed by atoms with Crippen molar-refractivity contribution >= 4 is 0 Å². The molecule has 9 nitrogen and oxygen atoms in total. The second-order valence-corrected chi connectivity index (χ2v) is 9.76. The van der Waals surface area contributed by atoms with Gasteiger partial charge in [0.2, 0.25) is 0 Å². The first-order chi connectivity index (χ1) is 16.6. The lowest BCUT2D eigenvalue weighted by Crippen LogP contribution is -2.24. The van der Waals surface area contributed by atoms with Gasteiger partial charge in [0.05, 0.1) is 30.9 Å². The fraction of sp³-hybridized carbons (Fsp3) is 0.360. The minimum Gasteiger partial charge on any atom is -0.493 e. The van der Waals surface area contributed by atoms with E-state index in [1.54, 1.807) is 38.0 Å². The van der Waals surface area contributed by atoms with Gasteiger partial charge in [0.25, 0.3) is 0 Å². The summed E-state index contributed by atoms with van der Waals surface area (Å²) in [5.74, 6) is 1.55. The molecule has 4 heterocycles. The zero-order chi connectivity index (χ0) is 25.2. The van der Waals surface area contributed by atoms with Crippen LogP contribution in [0.15, 0.2) is 43.1 Å². The molecule has 0 aromatic carbocycles. The summed E-state index contributed by atoms with van der Waals surface area (Å²) >= 11 is 0. The quantitative estimate of drug-likeness (QED) is 0.407. The zero-order valence-electron chi connectivity index (χ0n) is 20.6. The molecule has 0 atom stereocenters. The van der Waals surface area contributed by atoms with Crippen LogP contribution in [0.5, 0.6) is 5.75 Å². The number of nitrogens with zero attached hydrogens (tertiary/aromatic N) is 8. The van der Waals surface area contributed by atoms with E-state index in [0.29, 0.717) is 41.0 Å². The van der Waals surface area contributed by atoms with E-state index in [4.69, 9.17) is 9.72 Å². The van der Waals surface area contributed by atoms with Crippen LogP contribution in [0.1, 0.15) is 51.7 Å². The van der Waals surface area contributed by atoms with E-state index in [2.05, 4.69) is 34.9 Å². The van der Waals surface area contributed by atoms with Gasteiger partial charge in [0.15, 0.2) is 34.9 Å². The smallest absolute Gasteiger partial charge is 0.198 e. The van der Waals surface area contributed by atoms with Crippen LogP contribution in [-0.2, 0) is 17.3 Å². The first kappa shape index (κ1) is 24.2. The van der Waals surface area contributed by atoms with E-state index in [9.17, 15) is 4.39 Å². The zero-order valence-corrected chi connectivity index (χ0v) is 20.6. The van der Waals surface area contributed by atoms with Crippen molar-refractivity contribution in [3.63, 3.8) is 0 Å². The summed E-state index contributed by atoms with van der Waals surface area (Å²) in [6.07, 6.45) is 8.25. The number of hydrogen-bond donors (Lipinski definition) is 0. The summed E-state index contributed by atoms with van der Waals surface area (Å²) in [6, 6.07) is 3.56. The number of halogens is 1. The highest BCUT2D eigenvalue weighted by atomic mass is 19.1. The van der Waals surface area contributed by atoms with E-state index in [0.717, 1.165) is 5.69 Å². The lowest BCUT2D eigenvalue weighted by molar-refractivity contribution is 0.381. The van der Waals surface area contributed by atoms with Crippen LogP contribution in [-0.4, -0.2) is 47.0 Å². The molecule has 0 saturated heterocycles. The molecule has 0 aliphatic rings.